The third-order valence-corrected chi connectivity index (χ3v) is 2.64. The molecule has 0 unspecified atom stereocenters. The molecular formula is C10H9BrN2O2. The van der Waals surface area contributed by atoms with E-state index in [0.29, 0.717) is 21.3 Å². The Bertz CT molecular complexity index is 438. The molecule has 0 bridgehead atoms. The number of hydrogen-bond acceptors (Lipinski definition) is 4. The van der Waals surface area contributed by atoms with Crippen LogP contribution in [0.25, 0.3) is 0 Å². The molecule has 0 aromatic heterocycles. The molecule has 1 aromatic carbocycles. The number of methoxy groups -OCH3 is 1. The second-order valence-electron chi connectivity index (χ2n) is 2.90. The molecule has 0 aliphatic carbocycles. The first kappa shape index (κ1) is 11.5. The second-order valence-corrected chi connectivity index (χ2v) is 3.75. The number of ether oxygens (including phenoxy) is 1. The van der Waals surface area contributed by atoms with E-state index in [1.165, 1.54) is 7.11 Å². The minimum Gasteiger partial charge on any atom is -0.469 e. The molecule has 4 nitrogen and oxygen atoms in total. The van der Waals surface area contributed by atoms with Gasteiger partial charge in [-0.1, -0.05) is 15.9 Å². The smallest absolute Gasteiger partial charge is 0.310 e. The zero-order chi connectivity index (χ0) is 11.4. The molecule has 0 aliphatic rings. The standard InChI is InChI=1S/C10H9BrN2O2/c1-15-10(14)4-6-3-9(13)7(5-12)2-8(6)11/h2-3H,4,13H2,1H3. The Balaban J connectivity index is 3.06. The molecule has 78 valence electrons. The quantitative estimate of drug-likeness (QED) is 0.653. The third-order valence-electron chi connectivity index (χ3n) is 1.90. The van der Waals surface area contributed by atoms with Crippen molar-refractivity contribution >= 4 is 27.6 Å². The zero-order valence-electron chi connectivity index (χ0n) is 8.08. The third kappa shape index (κ3) is 2.70. The van der Waals surface area contributed by atoms with E-state index in [0.717, 1.165) is 0 Å². The summed E-state index contributed by atoms with van der Waals surface area (Å²) in [5.74, 6) is -0.347. The number of nitrogen functional groups attached to an aromatic ring is 1. The van der Waals surface area contributed by atoms with Crippen LogP contribution in [-0.4, -0.2) is 13.1 Å². The largest absolute Gasteiger partial charge is 0.469 e. The van der Waals surface area contributed by atoms with Crippen molar-refractivity contribution in [2.45, 2.75) is 6.42 Å². The lowest BCUT2D eigenvalue weighted by atomic mass is 10.1. The van der Waals surface area contributed by atoms with Gasteiger partial charge in [0.05, 0.1) is 19.1 Å². The Morgan fingerprint density at radius 1 is 1.67 bits per heavy atom. The van der Waals surface area contributed by atoms with E-state index >= 15 is 0 Å². The number of nitrogens with two attached hydrogens (primary N) is 1. The van der Waals surface area contributed by atoms with Crippen LogP contribution in [0.1, 0.15) is 11.1 Å². The molecular weight excluding hydrogens is 260 g/mol. The van der Waals surface area contributed by atoms with Crippen LogP contribution in [-0.2, 0) is 16.0 Å². The number of carbonyl (C=O) groups excluding carboxylic acids is 1. The van der Waals surface area contributed by atoms with Gasteiger partial charge in [0.1, 0.15) is 6.07 Å². The van der Waals surface area contributed by atoms with Gasteiger partial charge in [-0.25, -0.2) is 0 Å². The number of benzene rings is 1. The number of nitriles is 1. The number of nitrogens with zero attached hydrogens (tertiary/aromatic N) is 1. The molecule has 0 spiro atoms. The fourth-order valence-electron chi connectivity index (χ4n) is 1.10. The highest BCUT2D eigenvalue weighted by molar-refractivity contribution is 9.10. The van der Waals surface area contributed by atoms with Gasteiger partial charge >= 0.3 is 5.97 Å². The molecule has 0 saturated carbocycles. The molecule has 0 amide bonds. The van der Waals surface area contributed by atoms with Crippen LogP contribution < -0.4 is 5.73 Å². The summed E-state index contributed by atoms with van der Waals surface area (Å²) in [6.45, 7) is 0. The minimum absolute atomic E-state index is 0.132. The highest BCUT2D eigenvalue weighted by Crippen LogP contribution is 2.24. The van der Waals surface area contributed by atoms with Crippen LogP contribution in [0.15, 0.2) is 16.6 Å². The Labute approximate surface area is 95.8 Å². The first-order valence-electron chi connectivity index (χ1n) is 4.13. The van der Waals surface area contributed by atoms with Crippen molar-refractivity contribution in [2.75, 3.05) is 12.8 Å². The van der Waals surface area contributed by atoms with Crippen molar-refractivity contribution in [3.8, 4) is 6.07 Å². The number of hydrogen-bond donors (Lipinski definition) is 1. The minimum atomic E-state index is -0.347. The molecule has 0 saturated heterocycles. The van der Waals surface area contributed by atoms with Gasteiger partial charge in [0.25, 0.3) is 0 Å². The zero-order valence-corrected chi connectivity index (χ0v) is 9.67. The fraction of sp³-hybridized carbons (Fsp3) is 0.200. The van der Waals surface area contributed by atoms with Crippen molar-refractivity contribution in [2.24, 2.45) is 0 Å². The van der Waals surface area contributed by atoms with E-state index in [2.05, 4.69) is 20.7 Å². The summed E-state index contributed by atoms with van der Waals surface area (Å²) in [7, 11) is 1.32. The summed E-state index contributed by atoms with van der Waals surface area (Å²) >= 11 is 3.27. The SMILES string of the molecule is COC(=O)Cc1cc(N)c(C#N)cc1Br. The summed E-state index contributed by atoms with van der Waals surface area (Å²) in [6.07, 6.45) is 0.132. The van der Waals surface area contributed by atoms with Crippen molar-refractivity contribution < 1.29 is 9.53 Å². The van der Waals surface area contributed by atoms with Crippen LogP contribution in [0, 0.1) is 11.3 Å². The lowest BCUT2D eigenvalue weighted by Gasteiger charge is -2.05. The summed E-state index contributed by atoms with van der Waals surface area (Å²) in [4.78, 5) is 11.1. The molecule has 2 N–H and O–H groups in total. The Hall–Kier alpha value is -1.54. The van der Waals surface area contributed by atoms with Gasteiger partial charge in [-0.15, -0.1) is 0 Å². The van der Waals surface area contributed by atoms with Crippen LogP contribution in [0.5, 0.6) is 0 Å². The number of carbonyl (C=O) groups is 1. The maximum Gasteiger partial charge on any atom is 0.310 e. The molecule has 0 atom stereocenters. The second kappa shape index (κ2) is 4.80. The van der Waals surface area contributed by atoms with E-state index in [4.69, 9.17) is 11.0 Å². The van der Waals surface area contributed by atoms with Gasteiger partial charge < -0.3 is 10.5 Å². The summed E-state index contributed by atoms with van der Waals surface area (Å²) in [5, 5.41) is 8.72. The van der Waals surface area contributed by atoms with Gasteiger partial charge in [0.2, 0.25) is 0 Å². The van der Waals surface area contributed by atoms with Gasteiger partial charge in [-0.2, -0.15) is 5.26 Å². The number of esters is 1. The monoisotopic (exact) mass is 268 g/mol. The van der Waals surface area contributed by atoms with E-state index in [1.807, 2.05) is 6.07 Å². The highest BCUT2D eigenvalue weighted by Gasteiger charge is 2.10. The molecule has 0 heterocycles. The summed E-state index contributed by atoms with van der Waals surface area (Å²) in [6, 6.07) is 5.15. The average molecular weight is 269 g/mol. The molecule has 1 aromatic rings. The number of anilines is 1. The van der Waals surface area contributed by atoms with Crippen LogP contribution in [0.3, 0.4) is 0 Å². The lowest BCUT2D eigenvalue weighted by Crippen LogP contribution is -2.06. The average Bonchev–Trinajstić information content (AvgIpc) is 2.22. The number of rotatable bonds is 2. The molecule has 0 radical (unpaired) electrons. The van der Waals surface area contributed by atoms with Crippen LogP contribution in [0.4, 0.5) is 5.69 Å². The Kier molecular flexibility index (Phi) is 3.69. The van der Waals surface area contributed by atoms with Crippen molar-refractivity contribution in [3.63, 3.8) is 0 Å². The summed E-state index contributed by atoms with van der Waals surface area (Å²) in [5.41, 5.74) is 7.07. The maximum atomic E-state index is 11.1. The van der Waals surface area contributed by atoms with Crippen molar-refractivity contribution in [1.82, 2.24) is 0 Å². The van der Waals surface area contributed by atoms with E-state index in [1.54, 1.807) is 12.1 Å². The highest BCUT2D eigenvalue weighted by atomic mass is 79.9. The van der Waals surface area contributed by atoms with E-state index in [-0.39, 0.29) is 12.4 Å². The molecule has 0 aliphatic heterocycles. The summed E-state index contributed by atoms with van der Waals surface area (Å²) < 4.78 is 5.22. The fourth-order valence-corrected chi connectivity index (χ4v) is 1.58. The maximum absolute atomic E-state index is 11.1. The van der Waals surface area contributed by atoms with E-state index in [9.17, 15) is 4.79 Å². The molecule has 5 heteroatoms. The van der Waals surface area contributed by atoms with Gasteiger partial charge in [0, 0.05) is 10.2 Å². The Morgan fingerprint density at radius 2 is 2.33 bits per heavy atom. The Morgan fingerprint density at radius 3 is 2.87 bits per heavy atom. The van der Waals surface area contributed by atoms with Crippen LogP contribution >= 0.6 is 15.9 Å². The lowest BCUT2D eigenvalue weighted by molar-refractivity contribution is -0.139. The van der Waals surface area contributed by atoms with E-state index < -0.39 is 0 Å². The normalized spacial score (nSPS) is 9.40. The topological polar surface area (TPSA) is 76.1 Å². The van der Waals surface area contributed by atoms with Gasteiger partial charge in [-0.05, 0) is 17.7 Å². The predicted molar refractivity (Wildman–Crippen MR) is 59.0 cm³/mol. The van der Waals surface area contributed by atoms with Crippen LogP contribution in [0.2, 0.25) is 0 Å². The molecule has 1 rings (SSSR count). The molecule has 0 fully saturated rings. The number of halogens is 1. The first-order chi connectivity index (χ1) is 7.08. The van der Waals surface area contributed by atoms with Crippen molar-refractivity contribution in [1.29, 1.82) is 5.26 Å². The predicted octanol–water partition coefficient (Wildman–Crippen LogP) is 1.62. The molecule has 15 heavy (non-hydrogen) atoms. The first-order valence-corrected chi connectivity index (χ1v) is 4.92. The van der Waals surface area contributed by atoms with Gasteiger partial charge in [0.15, 0.2) is 0 Å². The van der Waals surface area contributed by atoms with Gasteiger partial charge in [-0.3, -0.25) is 4.79 Å². The van der Waals surface area contributed by atoms with Crippen molar-refractivity contribution in [3.05, 3.63) is 27.7 Å².